The van der Waals surface area contributed by atoms with Crippen LogP contribution in [0.15, 0.2) is 4.99 Å². The second kappa shape index (κ2) is 10.00. The highest BCUT2D eigenvalue weighted by atomic mass is 16.5. The molecule has 0 aromatic rings. The first-order valence-corrected chi connectivity index (χ1v) is 7.29. The van der Waals surface area contributed by atoms with Gasteiger partial charge in [0.25, 0.3) is 0 Å². The molecule has 19 heavy (non-hydrogen) atoms. The summed E-state index contributed by atoms with van der Waals surface area (Å²) in [5, 5.41) is 3.39. The lowest BCUT2D eigenvalue weighted by atomic mass is 10.1. The van der Waals surface area contributed by atoms with Crippen molar-refractivity contribution in [1.29, 1.82) is 0 Å². The van der Waals surface area contributed by atoms with Crippen LogP contribution in [0.1, 0.15) is 32.6 Å². The zero-order valence-corrected chi connectivity index (χ0v) is 12.3. The van der Waals surface area contributed by atoms with Gasteiger partial charge in [-0.15, -0.1) is 0 Å². The van der Waals surface area contributed by atoms with Gasteiger partial charge < -0.3 is 15.0 Å². The van der Waals surface area contributed by atoms with Crippen LogP contribution in [0.3, 0.4) is 0 Å². The zero-order chi connectivity index (χ0) is 13.9. The molecule has 1 heterocycles. The summed E-state index contributed by atoms with van der Waals surface area (Å²) in [5.74, 6) is 6.19. The Morgan fingerprint density at radius 3 is 2.74 bits per heavy atom. The number of piperidine rings is 1. The molecule has 0 bridgehead atoms. The van der Waals surface area contributed by atoms with E-state index in [1.54, 1.807) is 7.11 Å². The lowest BCUT2D eigenvalue weighted by Crippen LogP contribution is -2.50. The first-order chi connectivity index (χ1) is 9.30. The van der Waals surface area contributed by atoms with Gasteiger partial charge in [0.05, 0.1) is 0 Å². The lowest BCUT2D eigenvalue weighted by Gasteiger charge is -2.32. The van der Waals surface area contributed by atoms with Crippen molar-refractivity contribution in [3.8, 4) is 0 Å². The predicted molar refractivity (Wildman–Crippen MR) is 79.0 cm³/mol. The fraction of sp³-hybridized carbons (Fsp3) is 0.923. The predicted octanol–water partition coefficient (Wildman–Crippen LogP) is 0.306. The van der Waals surface area contributed by atoms with Crippen LogP contribution >= 0.6 is 0 Å². The maximum atomic E-state index is 5.49. The van der Waals surface area contributed by atoms with Crippen molar-refractivity contribution >= 4 is 5.96 Å². The molecule has 1 aliphatic heterocycles. The molecule has 1 saturated heterocycles. The summed E-state index contributed by atoms with van der Waals surface area (Å²) in [6.45, 7) is 7.22. The second-order valence-corrected chi connectivity index (χ2v) is 4.98. The Morgan fingerprint density at radius 1 is 1.42 bits per heavy atom. The average molecular weight is 271 g/mol. The van der Waals surface area contributed by atoms with Gasteiger partial charge in [0.15, 0.2) is 0 Å². The zero-order valence-electron chi connectivity index (χ0n) is 12.3. The monoisotopic (exact) mass is 271 g/mol. The molecule has 0 saturated carbocycles. The molecule has 1 aliphatic rings. The van der Waals surface area contributed by atoms with Crippen molar-refractivity contribution in [3.63, 3.8) is 0 Å². The minimum Gasteiger partial charge on any atom is -0.385 e. The molecule has 0 unspecified atom stereocenters. The third-order valence-electron chi connectivity index (χ3n) is 3.38. The fourth-order valence-electron chi connectivity index (χ4n) is 2.34. The van der Waals surface area contributed by atoms with Crippen LogP contribution in [0.25, 0.3) is 0 Å². The van der Waals surface area contributed by atoms with Crippen LogP contribution < -0.4 is 16.6 Å². The Kier molecular flexibility index (Phi) is 8.53. The Labute approximate surface area is 116 Å². The Morgan fingerprint density at radius 2 is 2.16 bits per heavy atom. The van der Waals surface area contributed by atoms with E-state index in [9.17, 15) is 0 Å². The standard InChI is InChI=1S/C13H29N5O/c1-3-8-18-9-5-12(6-10-18)16-13(17-14)15-7-4-11-19-2/h12H,3-11,14H2,1-2H3,(H2,15,16,17). The minimum absolute atomic E-state index is 0.477. The van der Waals surface area contributed by atoms with Crippen LogP contribution in [-0.2, 0) is 4.74 Å². The number of nitrogens with two attached hydrogens (primary N) is 1. The van der Waals surface area contributed by atoms with Crippen molar-refractivity contribution < 1.29 is 4.74 Å². The molecule has 112 valence electrons. The van der Waals surface area contributed by atoms with Crippen LogP contribution in [-0.4, -0.2) is 56.8 Å². The molecule has 1 rings (SSSR count). The Balaban J connectivity index is 2.24. The normalized spacial score (nSPS) is 18.6. The summed E-state index contributed by atoms with van der Waals surface area (Å²) < 4.78 is 5.00. The number of nitrogens with one attached hydrogen (secondary N) is 2. The van der Waals surface area contributed by atoms with E-state index < -0.39 is 0 Å². The summed E-state index contributed by atoms with van der Waals surface area (Å²) in [6.07, 6.45) is 4.45. The Hall–Kier alpha value is -0.850. The molecular formula is C13H29N5O. The van der Waals surface area contributed by atoms with E-state index in [4.69, 9.17) is 10.6 Å². The summed E-state index contributed by atoms with van der Waals surface area (Å²) in [5.41, 5.74) is 2.65. The first kappa shape index (κ1) is 16.2. The van der Waals surface area contributed by atoms with E-state index in [-0.39, 0.29) is 0 Å². The van der Waals surface area contributed by atoms with Gasteiger partial charge in [0.1, 0.15) is 0 Å². The van der Waals surface area contributed by atoms with E-state index in [1.165, 1.54) is 13.0 Å². The maximum absolute atomic E-state index is 5.49. The topological polar surface area (TPSA) is 74.9 Å². The van der Waals surface area contributed by atoms with Gasteiger partial charge in [-0.3, -0.25) is 10.4 Å². The second-order valence-electron chi connectivity index (χ2n) is 4.98. The number of methoxy groups -OCH3 is 1. The number of hydrazine groups is 1. The van der Waals surface area contributed by atoms with Crippen molar-refractivity contribution in [2.75, 3.05) is 39.9 Å². The number of aliphatic imine (C=N–C) groups is 1. The van der Waals surface area contributed by atoms with Crippen LogP contribution in [0.5, 0.6) is 0 Å². The first-order valence-electron chi connectivity index (χ1n) is 7.29. The van der Waals surface area contributed by atoms with Crippen molar-refractivity contribution in [3.05, 3.63) is 0 Å². The van der Waals surface area contributed by atoms with Gasteiger partial charge in [0.2, 0.25) is 5.96 Å². The number of rotatable bonds is 7. The van der Waals surface area contributed by atoms with E-state index >= 15 is 0 Å². The molecule has 0 radical (unpaired) electrons. The van der Waals surface area contributed by atoms with E-state index in [2.05, 4.69) is 27.6 Å². The van der Waals surface area contributed by atoms with Crippen LogP contribution in [0.4, 0.5) is 0 Å². The molecule has 0 spiro atoms. The molecule has 4 N–H and O–H groups in total. The molecule has 0 aromatic heterocycles. The lowest BCUT2D eigenvalue weighted by molar-refractivity contribution is 0.196. The highest BCUT2D eigenvalue weighted by Crippen LogP contribution is 2.10. The number of guanidine groups is 1. The van der Waals surface area contributed by atoms with Crippen LogP contribution in [0.2, 0.25) is 0 Å². The summed E-state index contributed by atoms with van der Waals surface area (Å²) in [4.78, 5) is 6.92. The number of likely N-dealkylation sites (tertiary alicyclic amines) is 1. The van der Waals surface area contributed by atoms with Gasteiger partial charge >= 0.3 is 0 Å². The maximum Gasteiger partial charge on any atom is 0.205 e. The van der Waals surface area contributed by atoms with Crippen molar-refractivity contribution in [2.45, 2.75) is 38.6 Å². The smallest absolute Gasteiger partial charge is 0.205 e. The van der Waals surface area contributed by atoms with Crippen molar-refractivity contribution in [1.82, 2.24) is 15.6 Å². The number of hydrogen-bond acceptors (Lipinski definition) is 4. The largest absolute Gasteiger partial charge is 0.385 e. The molecule has 0 atom stereocenters. The molecule has 1 fully saturated rings. The highest BCUT2D eigenvalue weighted by molar-refractivity contribution is 5.79. The molecule has 6 nitrogen and oxygen atoms in total. The molecule has 0 aliphatic carbocycles. The van der Waals surface area contributed by atoms with Gasteiger partial charge in [-0.2, -0.15) is 0 Å². The van der Waals surface area contributed by atoms with E-state index in [0.717, 1.165) is 45.5 Å². The number of ether oxygens (including phenoxy) is 1. The molecule has 0 amide bonds. The average Bonchev–Trinajstić information content (AvgIpc) is 2.44. The van der Waals surface area contributed by atoms with Crippen LogP contribution in [0, 0.1) is 0 Å². The molecule has 0 aromatic carbocycles. The third kappa shape index (κ3) is 6.75. The third-order valence-corrected chi connectivity index (χ3v) is 3.38. The van der Waals surface area contributed by atoms with Gasteiger partial charge in [-0.1, -0.05) is 6.92 Å². The van der Waals surface area contributed by atoms with Gasteiger partial charge in [-0.05, 0) is 32.2 Å². The van der Waals surface area contributed by atoms with E-state index in [0.29, 0.717) is 12.0 Å². The molecule has 6 heteroatoms. The van der Waals surface area contributed by atoms with E-state index in [1.807, 2.05) is 0 Å². The summed E-state index contributed by atoms with van der Waals surface area (Å²) in [6, 6.07) is 0.477. The minimum atomic E-state index is 0.477. The summed E-state index contributed by atoms with van der Waals surface area (Å²) >= 11 is 0. The quantitative estimate of drug-likeness (QED) is 0.204. The fourth-order valence-corrected chi connectivity index (χ4v) is 2.34. The number of nitrogens with zero attached hydrogens (tertiary/aromatic N) is 2. The van der Waals surface area contributed by atoms with Gasteiger partial charge in [-0.25, -0.2) is 5.84 Å². The SMILES string of the molecule is CCCN1CCC(NC(=NCCCOC)NN)CC1. The molecular weight excluding hydrogens is 242 g/mol. The highest BCUT2D eigenvalue weighted by Gasteiger charge is 2.18. The Bertz CT molecular complexity index is 251. The summed E-state index contributed by atoms with van der Waals surface area (Å²) in [7, 11) is 1.70. The van der Waals surface area contributed by atoms with Gasteiger partial charge in [0, 0.05) is 39.4 Å². The van der Waals surface area contributed by atoms with Crippen molar-refractivity contribution in [2.24, 2.45) is 10.8 Å². The number of hydrogen-bond donors (Lipinski definition) is 3.